The molecule has 0 saturated carbocycles. The molecule has 2 aromatic carbocycles. The first kappa shape index (κ1) is 19.3. The Morgan fingerprint density at radius 3 is 2.46 bits per heavy atom. The van der Waals surface area contributed by atoms with Crippen LogP contribution in [0.1, 0.15) is 6.92 Å². The van der Waals surface area contributed by atoms with Crippen LogP contribution in [0.5, 0.6) is 0 Å². The van der Waals surface area contributed by atoms with Gasteiger partial charge in [0.25, 0.3) is 0 Å². The average Bonchev–Trinajstić information content (AvgIpc) is 2.68. The number of anilines is 4. The summed E-state index contributed by atoms with van der Waals surface area (Å²) in [6, 6.07) is 19.1. The normalized spacial score (nSPS) is 10.4. The molecule has 1 amide bonds. The van der Waals surface area contributed by atoms with Crippen LogP contribution in [0.15, 0.2) is 60.7 Å². The highest BCUT2D eigenvalue weighted by Crippen LogP contribution is 2.24. The van der Waals surface area contributed by atoms with Crippen LogP contribution in [0.2, 0.25) is 0 Å². The number of nitrogens with one attached hydrogen (secondary N) is 3. The number of aromatic nitrogens is 2. The lowest BCUT2D eigenvalue weighted by molar-refractivity contribution is -0.114. The van der Waals surface area contributed by atoms with Crippen LogP contribution >= 0.6 is 0 Å². The van der Waals surface area contributed by atoms with Crippen molar-refractivity contribution in [2.75, 3.05) is 36.2 Å². The van der Waals surface area contributed by atoms with Gasteiger partial charge in [-0.15, -0.1) is 0 Å². The van der Waals surface area contributed by atoms with E-state index in [9.17, 15) is 4.79 Å². The van der Waals surface area contributed by atoms with Gasteiger partial charge in [-0.3, -0.25) is 4.79 Å². The zero-order valence-corrected chi connectivity index (χ0v) is 15.9. The molecule has 0 fully saturated rings. The minimum absolute atomic E-state index is 0.116. The van der Waals surface area contributed by atoms with Gasteiger partial charge in [0.1, 0.15) is 11.6 Å². The van der Waals surface area contributed by atoms with Crippen LogP contribution in [0.25, 0.3) is 11.4 Å². The lowest BCUT2D eigenvalue weighted by Crippen LogP contribution is -2.10. The number of carbonyl (C=O) groups excluding carboxylic acids is 1. The molecule has 0 spiro atoms. The molecule has 1 heterocycles. The molecular weight excluding hydrogens is 354 g/mol. The van der Waals surface area contributed by atoms with Gasteiger partial charge < -0.3 is 20.7 Å². The topological polar surface area (TPSA) is 88.2 Å². The van der Waals surface area contributed by atoms with E-state index in [1.807, 2.05) is 60.7 Å². The smallest absolute Gasteiger partial charge is 0.221 e. The van der Waals surface area contributed by atoms with Crippen molar-refractivity contribution in [1.82, 2.24) is 9.97 Å². The minimum Gasteiger partial charge on any atom is -0.383 e. The maximum Gasteiger partial charge on any atom is 0.221 e. The molecule has 3 aromatic rings. The molecule has 0 bridgehead atoms. The molecule has 0 unspecified atom stereocenters. The Bertz CT molecular complexity index is 931. The van der Waals surface area contributed by atoms with Gasteiger partial charge in [0.2, 0.25) is 5.91 Å². The molecule has 3 rings (SSSR count). The maximum atomic E-state index is 11.3. The van der Waals surface area contributed by atoms with E-state index < -0.39 is 0 Å². The quantitative estimate of drug-likeness (QED) is 0.516. The van der Waals surface area contributed by atoms with Crippen molar-refractivity contribution in [1.29, 1.82) is 0 Å². The van der Waals surface area contributed by atoms with E-state index >= 15 is 0 Å². The van der Waals surface area contributed by atoms with E-state index in [0.717, 1.165) is 11.3 Å². The highest BCUT2D eigenvalue weighted by Gasteiger charge is 2.08. The largest absolute Gasteiger partial charge is 0.383 e. The van der Waals surface area contributed by atoms with Crippen molar-refractivity contribution in [3.8, 4) is 11.4 Å². The lowest BCUT2D eigenvalue weighted by atomic mass is 10.2. The van der Waals surface area contributed by atoms with Crippen molar-refractivity contribution >= 4 is 28.9 Å². The van der Waals surface area contributed by atoms with Crippen molar-refractivity contribution in [2.45, 2.75) is 6.92 Å². The summed E-state index contributed by atoms with van der Waals surface area (Å²) in [7, 11) is 1.66. The average molecular weight is 377 g/mol. The highest BCUT2D eigenvalue weighted by molar-refractivity contribution is 5.89. The maximum absolute atomic E-state index is 11.3. The van der Waals surface area contributed by atoms with Gasteiger partial charge in [-0.05, 0) is 18.2 Å². The summed E-state index contributed by atoms with van der Waals surface area (Å²) >= 11 is 0. The third-order valence-electron chi connectivity index (χ3n) is 3.83. The molecule has 1 aromatic heterocycles. The van der Waals surface area contributed by atoms with Gasteiger partial charge in [0.05, 0.1) is 6.61 Å². The molecule has 144 valence electrons. The second-order valence-corrected chi connectivity index (χ2v) is 6.13. The Kier molecular flexibility index (Phi) is 6.54. The summed E-state index contributed by atoms with van der Waals surface area (Å²) in [4.78, 5) is 20.5. The van der Waals surface area contributed by atoms with Crippen molar-refractivity contribution in [3.05, 3.63) is 60.7 Å². The SMILES string of the molecule is COCCNc1cc(Nc2cccc(NC(C)=O)c2)nc(-c2ccccc2)n1. The highest BCUT2D eigenvalue weighted by atomic mass is 16.5. The molecular formula is C21H23N5O2. The Morgan fingerprint density at radius 2 is 1.71 bits per heavy atom. The first-order valence-corrected chi connectivity index (χ1v) is 8.96. The van der Waals surface area contributed by atoms with Crippen molar-refractivity contribution in [2.24, 2.45) is 0 Å². The molecule has 28 heavy (non-hydrogen) atoms. The van der Waals surface area contributed by atoms with Crippen LogP contribution in [0.4, 0.5) is 23.0 Å². The van der Waals surface area contributed by atoms with Gasteiger partial charge >= 0.3 is 0 Å². The predicted molar refractivity (Wildman–Crippen MR) is 112 cm³/mol. The number of rotatable bonds is 8. The van der Waals surface area contributed by atoms with Gasteiger partial charge in [-0.25, -0.2) is 9.97 Å². The summed E-state index contributed by atoms with van der Waals surface area (Å²) in [6.07, 6.45) is 0. The summed E-state index contributed by atoms with van der Waals surface area (Å²) in [5, 5.41) is 9.31. The van der Waals surface area contributed by atoms with Crippen LogP contribution in [-0.4, -0.2) is 36.1 Å². The number of hydrogen-bond acceptors (Lipinski definition) is 6. The predicted octanol–water partition coefficient (Wildman–Crippen LogP) is 3.90. The van der Waals surface area contributed by atoms with Gasteiger partial charge in [0, 0.05) is 43.6 Å². The van der Waals surface area contributed by atoms with E-state index in [1.165, 1.54) is 6.92 Å². The number of hydrogen-bond donors (Lipinski definition) is 3. The zero-order valence-electron chi connectivity index (χ0n) is 15.9. The number of benzene rings is 2. The first-order valence-electron chi connectivity index (χ1n) is 8.96. The van der Waals surface area contributed by atoms with Crippen molar-refractivity contribution in [3.63, 3.8) is 0 Å². The Labute approximate surface area is 164 Å². The van der Waals surface area contributed by atoms with Gasteiger partial charge in [0.15, 0.2) is 5.82 Å². The Hall–Kier alpha value is -3.45. The van der Waals surface area contributed by atoms with E-state index in [1.54, 1.807) is 7.11 Å². The molecule has 7 nitrogen and oxygen atoms in total. The van der Waals surface area contributed by atoms with E-state index in [4.69, 9.17) is 4.74 Å². The lowest BCUT2D eigenvalue weighted by Gasteiger charge is -2.12. The molecule has 0 aliphatic carbocycles. The fourth-order valence-corrected chi connectivity index (χ4v) is 2.63. The summed E-state index contributed by atoms with van der Waals surface area (Å²) in [5.41, 5.74) is 2.45. The van der Waals surface area contributed by atoms with E-state index in [-0.39, 0.29) is 5.91 Å². The second kappa shape index (κ2) is 9.48. The third-order valence-corrected chi connectivity index (χ3v) is 3.83. The van der Waals surface area contributed by atoms with E-state index in [2.05, 4.69) is 25.9 Å². The number of nitrogens with zero attached hydrogens (tertiary/aromatic N) is 2. The van der Waals surface area contributed by atoms with Crippen LogP contribution in [-0.2, 0) is 9.53 Å². The second-order valence-electron chi connectivity index (χ2n) is 6.13. The Balaban J connectivity index is 1.88. The molecule has 0 aliphatic rings. The standard InChI is InChI=1S/C21H23N5O2/c1-15(27)23-17-9-6-10-18(13-17)24-20-14-19(22-11-12-28-2)25-21(26-20)16-7-4-3-5-8-16/h3-10,13-14H,11-12H2,1-2H3,(H,23,27)(H2,22,24,25,26). The van der Waals surface area contributed by atoms with Gasteiger partial charge in [-0.2, -0.15) is 0 Å². The summed E-state index contributed by atoms with van der Waals surface area (Å²) in [6.45, 7) is 2.69. The van der Waals surface area contributed by atoms with Crippen LogP contribution in [0.3, 0.4) is 0 Å². The monoisotopic (exact) mass is 377 g/mol. The van der Waals surface area contributed by atoms with Gasteiger partial charge in [-0.1, -0.05) is 36.4 Å². The van der Waals surface area contributed by atoms with E-state index in [0.29, 0.717) is 36.3 Å². The summed E-state index contributed by atoms with van der Waals surface area (Å²) < 4.78 is 5.09. The Morgan fingerprint density at radius 1 is 0.964 bits per heavy atom. The van der Waals surface area contributed by atoms with Crippen molar-refractivity contribution < 1.29 is 9.53 Å². The first-order chi connectivity index (χ1) is 13.6. The number of amides is 1. The minimum atomic E-state index is -0.116. The molecule has 0 aliphatic heterocycles. The third kappa shape index (κ3) is 5.52. The number of ether oxygens (including phenoxy) is 1. The number of carbonyl (C=O) groups is 1. The zero-order chi connectivity index (χ0) is 19.8. The summed E-state index contributed by atoms with van der Waals surface area (Å²) in [5.74, 6) is 1.85. The fraction of sp³-hybridized carbons (Fsp3) is 0.190. The van der Waals surface area contributed by atoms with Crippen LogP contribution < -0.4 is 16.0 Å². The molecule has 0 radical (unpaired) electrons. The molecule has 0 atom stereocenters. The molecule has 7 heteroatoms. The fourth-order valence-electron chi connectivity index (χ4n) is 2.63. The molecule has 0 saturated heterocycles. The molecule has 3 N–H and O–H groups in total. The number of methoxy groups -OCH3 is 1. The van der Waals surface area contributed by atoms with Crippen LogP contribution in [0, 0.1) is 0 Å².